The van der Waals surface area contributed by atoms with Gasteiger partial charge in [-0.1, -0.05) is 6.92 Å². The van der Waals surface area contributed by atoms with Gasteiger partial charge in [0, 0.05) is 30.6 Å². The lowest BCUT2D eigenvalue weighted by molar-refractivity contribution is -0.385. The summed E-state index contributed by atoms with van der Waals surface area (Å²) in [7, 11) is 1.52. The number of methoxy groups -OCH3 is 1. The Morgan fingerprint density at radius 1 is 1.50 bits per heavy atom. The number of hydrogen-bond acceptors (Lipinski definition) is 5. The van der Waals surface area contributed by atoms with Gasteiger partial charge in [-0.15, -0.1) is 0 Å². The summed E-state index contributed by atoms with van der Waals surface area (Å²) in [6.07, 6.45) is 2.49. The van der Waals surface area contributed by atoms with Gasteiger partial charge in [-0.2, -0.15) is 0 Å². The van der Waals surface area contributed by atoms with E-state index in [-0.39, 0.29) is 11.4 Å². The number of hydrogen-bond donors (Lipinski definition) is 1. The molecule has 1 N–H and O–H groups in total. The van der Waals surface area contributed by atoms with Gasteiger partial charge in [0.25, 0.3) is 0 Å². The maximum Gasteiger partial charge on any atom is 0.311 e. The Bertz CT molecular complexity index is 474. The number of ether oxygens (including phenoxy) is 2. The van der Waals surface area contributed by atoms with Gasteiger partial charge in [0.15, 0.2) is 0 Å². The summed E-state index contributed by atoms with van der Waals surface area (Å²) in [4.78, 5) is 10.5. The maximum absolute atomic E-state index is 11.0. The minimum Gasteiger partial charge on any atom is -0.497 e. The molecule has 20 heavy (non-hydrogen) atoms. The van der Waals surface area contributed by atoms with Crippen LogP contribution in [0.15, 0.2) is 18.2 Å². The normalized spacial score (nSPS) is 15.7. The van der Waals surface area contributed by atoms with E-state index in [1.807, 2.05) is 0 Å². The summed E-state index contributed by atoms with van der Waals surface area (Å²) in [5.74, 6) is 1.10. The van der Waals surface area contributed by atoms with Crippen LogP contribution >= 0.6 is 0 Å². The molecule has 1 unspecified atom stereocenters. The van der Waals surface area contributed by atoms with Crippen LogP contribution in [0.1, 0.15) is 19.8 Å². The van der Waals surface area contributed by atoms with Gasteiger partial charge in [-0.25, -0.2) is 0 Å². The minimum absolute atomic E-state index is 0.0341. The van der Waals surface area contributed by atoms with Crippen molar-refractivity contribution in [1.82, 2.24) is 5.32 Å². The molecule has 0 aliphatic heterocycles. The molecule has 0 heterocycles. The van der Waals surface area contributed by atoms with E-state index in [2.05, 4.69) is 12.2 Å². The third-order valence-electron chi connectivity index (χ3n) is 3.22. The molecule has 6 heteroatoms. The second kappa shape index (κ2) is 6.56. The number of nitro benzene ring substituents is 1. The first kappa shape index (κ1) is 14.6. The molecule has 1 aliphatic rings. The molecule has 2 rings (SSSR count). The first-order valence-corrected chi connectivity index (χ1v) is 6.78. The molecule has 0 spiro atoms. The van der Waals surface area contributed by atoms with Crippen LogP contribution in [0.4, 0.5) is 5.69 Å². The Balaban J connectivity index is 1.93. The standard InChI is InChI=1S/C14H20N2O4/c1-10(8-15-11-3-4-11)9-20-14-7-12(19-2)5-6-13(14)16(17)18/h5-7,10-11,15H,3-4,8-9H2,1-2H3. The molecule has 1 aromatic carbocycles. The van der Waals surface area contributed by atoms with E-state index >= 15 is 0 Å². The molecule has 0 radical (unpaired) electrons. The van der Waals surface area contributed by atoms with E-state index < -0.39 is 4.92 Å². The van der Waals surface area contributed by atoms with Crippen molar-refractivity contribution in [3.05, 3.63) is 28.3 Å². The van der Waals surface area contributed by atoms with Crippen molar-refractivity contribution >= 4 is 5.69 Å². The van der Waals surface area contributed by atoms with Gasteiger partial charge in [-0.3, -0.25) is 10.1 Å². The Morgan fingerprint density at radius 2 is 2.25 bits per heavy atom. The average molecular weight is 280 g/mol. The quantitative estimate of drug-likeness (QED) is 0.584. The molecule has 0 amide bonds. The molecule has 110 valence electrons. The fourth-order valence-electron chi connectivity index (χ4n) is 1.83. The van der Waals surface area contributed by atoms with Crippen LogP contribution in [0.5, 0.6) is 11.5 Å². The fourth-order valence-corrected chi connectivity index (χ4v) is 1.83. The number of benzene rings is 1. The first-order chi connectivity index (χ1) is 9.60. The van der Waals surface area contributed by atoms with Crippen molar-refractivity contribution in [1.29, 1.82) is 0 Å². The van der Waals surface area contributed by atoms with Gasteiger partial charge >= 0.3 is 5.69 Å². The fraction of sp³-hybridized carbons (Fsp3) is 0.571. The Kier molecular flexibility index (Phi) is 4.79. The Labute approximate surface area is 118 Å². The van der Waals surface area contributed by atoms with E-state index in [0.717, 1.165) is 6.54 Å². The van der Waals surface area contributed by atoms with Crippen LogP contribution < -0.4 is 14.8 Å². The summed E-state index contributed by atoms with van der Waals surface area (Å²) in [6, 6.07) is 5.17. The van der Waals surface area contributed by atoms with Gasteiger partial charge in [0.05, 0.1) is 18.6 Å². The minimum atomic E-state index is -0.443. The first-order valence-electron chi connectivity index (χ1n) is 6.78. The van der Waals surface area contributed by atoms with Crippen molar-refractivity contribution < 1.29 is 14.4 Å². The number of nitrogens with zero attached hydrogens (tertiary/aromatic N) is 1. The largest absolute Gasteiger partial charge is 0.497 e. The molecular formula is C14H20N2O4. The van der Waals surface area contributed by atoms with Gasteiger partial charge in [-0.05, 0) is 18.9 Å². The topological polar surface area (TPSA) is 73.6 Å². The molecule has 0 saturated heterocycles. The smallest absolute Gasteiger partial charge is 0.311 e. The summed E-state index contributed by atoms with van der Waals surface area (Å²) in [5, 5.41) is 14.4. The number of rotatable bonds is 8. The summed E-state index contributed by atoms with van der Waals surface area (Å²) < 4.78 is 10.7. The molecule has 0 aromatic heterocycles. The zero-order chi connectivity index (χ0) is 14.5. The van der Waals surface area contributed by atoms with E-state index in [9.17, 15) is 10.1 Å². The lowest BCUT2D eigenvalue weighted by atomic mass is 10.2. The van der Waals surface area contributed by atoms with Crippen molar-refractivity contribution in [3.63, 3.8) is 0 Å². The molecule has 1 saturated carbocycles. The lowest BCUT2D eigenvalue weighted by Crippen LogP contribution is -2.26. The SMILES string of the molecule is COc1ccc([N+](=O)[O-])c(OCC(C)CNC2CC2)c1. The highest BCUT2D eigenvalue weighted by molar-refractivity contribution is 5.50. The number of nitrogens with one attached hydrogen (secondary N) is 1. The van der Waals surface area contributed by atoms with Crippen molar-refractivity contribution in [2.45, 2.75) is 25.8 Å². The third kappa shape index (κ3) is 4.09. The van der Waals surface area contributed by atoms with Gasteiger partial charge < -0.3 is 14.8 Å². The van der Waals surface area contributed by atoms with Crippen LogP contribution in [0.2, 0.25) is 0 Å². The predicted molar refractivity (Wildman–Crippen MR) is 75.3 cm³/mol. The van der Waals surface area contributed by atoms with Gasteiger partial charge in [0.1, 0.15) is 5.75 Å². The highest BCUT2D eigenvalue weighted by atomic mass is 16.6. The van der Waals surface area contributed by atoms with Crippen LogP contribution in [0.3, 0.4) is 0 Å². The van der Waals surface area contributed by atoms with E-state index in [4.69, 9.17) is 9.47 Å². The summed E-state index contributed by atoms with van der Waals surface area (Å²) in [5.41, 5.74) is -0.0341. The van der Waals surface area contributed by atoms with Crippen LogP contribution in [0, 0.1) is 16.0 Å². The molecular weight excluding hydrogens is 260 g/mol. The number of nitro groups is 1. The Hall–Kier alpha value is -1.82. The second-order valence-electron chi connectivity index (χ2n) is 5.19. The highest BCUT2D eigenvalue weighted by Crippen LogP contribution is 2.31. The second-order valence-corrected chi connectivity index (χ2v) is 5.19. The summed E-state index contributed by atoms with van der Waals surface area (Å²) in [6.45, 7) is 3.36. The molecule has 1 fully saturated rings. The Morgan fingerprint density at radius 3 is 2.85 bits per heavy atom. The average Bonchev–Trinajstić information content (AvgIpc) is 3.26. The van der Waals surface area contributed by atoms with Crippen molar-refractivity contribution in [2.75, 3.05) is 20.3 Å². The van der Waals surface area contributed by atoms with E-state index in [1.165, 1.54) is 26.0 Å². The monoisotopic (exact) mass is 280 g/mol. The van der Waals surface area contributed by atoms with Crippen LogP contribution in [-0.2, 0) is 0 Å². The molecule has 1 aliphatic carbocycles. The highest BCUT2D eigenvalue weighted by Gasteiger charge is 2.21. The molecule has 0 bridgehead atoms. The predicted octanol–water partition coefficient (Wildman–Crippen LogP) is 2.37. The molecule has 1 atom stereocenters. The molecule has 6 nitrogen and oxygen atoms in total. The van der Waals surface area contributed by atoms with E-state index in [0.29, 0.717) is 24.3 Å². The van der Waals surface area contributed by atoms with Crippen molar-refractivity contribution in [2.24, 2.45) is 5.92 Å². The van der Waals surface area contributed by atoms with Crippen molar-refractivity contribution in [3.8, 4) is 11.5 Å². The van der Waals surface area contributed by atoms with Crippen LogP contribution in [0.25, 0.3) is 0 Å². The molecule has 1 aromatic rings. The lowest BCUT2D eigenvalue weighted by Gasteiger charge is -2.14. The zero-order valence-electron chi connectivity index (χ0n) is 11.8. The summed E-state index contributed by atoms with van der Waals surface area (Å²) >= 11 is 0. The zero-order valence-corrected chi connectivity index (χ0v) is 11.8. The van der Waals surface area contributed by atoms with E-state index in [1.54, 1.807) is 12.1 Å². The third-order valence-corrected chi connectivity index (χ3v) is 3.22. The van der Waals surface area contributed by atoms with Crippen LogP contribution in [-0.4, -0.2) is 31.2 Å². The maximum atomic E-state index is 11.0. The van der Waals surface area contributed by atoms with Gasteiger partial charge in [0.2, 0.25) is 5.75 Å².